The average molecular weight is 349 g/mol. The number of amides is 1. The highest BCUT2D eigenvalue weighted by molar-refractivity contribution is 5.76. The van der Waals surface area contributed by atoms with Gasteiger partial charge in [-0.2, -0.15) is 4.98 Å². The summed E-state index contributed by atoms with van der Waals surface area (Å²) in [6.07, 6.45) is 1.18. The zero-order valence-corrected chi connectivity index (χ0v) is 15.1. The largest absolute Gasteiger partial charge is 0.337 e. The summed E-state index contributed by atoms with van der Waals surface area (Å²) in [5, 5.41) is 4.03. The normalized spacial score (nSPS) is 10.9. The third-order valence-electron chi connectivity index (χ3n) is 4.22. The van der Waals surface area contributed by atoms with Gasteiger partial charge in [-0.15, -0.1) is 0 Å². The van der Waals surface area contributed by atoms with Crippen molar-refractivity contribution >= 4 is 5.91 Å². The van der Waals surface area contributed by atoms with E-state index in [1.165, 1.54) is 0 Å². The summed E-state index contributed by atoms with van der Waals surface area (Å²) in [7, 11) is 0. The van der Waals surface area contributed by atoms with Crippen molar-refractivity contribution in [2.45, 2.75) is 39.3 Å². The number of aromatic nitrogens is 2. The molecule has 26 heavy (non-hydrogen) atoms. The van der Waals surface area contributed by atoms with E-state index in [0.717, 1.165) is 17.5 Å². The molecule has 5 heteroatoms. The number of aryl methyl sites for hydroxylation is 1. The Labute approximate surface area is 153 Å². The molecular formula is C21H23N3O2. The molecule has 0 aliphatic carbocycles. The van der Waals surface area contributed by atoms with E-state index in [9.17, 15) is 4.79 Å². The van der Waals surface area contributed by atoms with Crippen LogP contribution in [0.4, 0.5) is 0 Å². The van der Waals surface area contributed by atoms with E-state index in [1.54, 1.807) is 4.90 Å². The van der Waals surface area contributed by atoms with Crippen LogP contribution >= 0.6 is 0 Å². The molecule has 0 N–H and O–H groups in total. The average Bonchev–Trinajstić information content (AvgIpc) is 3.14. The lowest BCUT2D eigenvalue weighted by molar-refractivity contribution is -0.133. The van der Waals surface area contributed by atoms with E-state index in [2.05, 4.69) is 10.1 Å². The summed E-state index contributed by atoms with van der Waals surface area (Å²) in [5.41, 5.74) is 2.06. The van der Waals surface area contributed by atoms with Gasteiger partial charge in [0.25, 0.3) is 0 Å². The highest BCUT2D eigenvalue weighted by atomic mass is 16.5. The molecule has 134 valence electrons. The van der Waals surface area contributed by atoms with Gasteiger partial charge in [-0.1, -0.05) is 65.8 Å². The van der Waals surface area contributed by atoms with Crippen LogP contribution in [0.2, 0.25) is 0 Å². The minimum absolute atomic E-state index is 0.0605. The fourth-order valence-electron chi connectivity index (χ4n) is 2.77. The van der Waals surface area contributed by atoms with Gasteiger partial charge < -0.3 is 9.42 Å². The fourth-order valence-corrected chi connectivity index (χ4v) is 2.77. The van der Waals surface area contributed by atoms with Crippen LogP contribution in [0.3, 0.4) is 0 Å². The Morgan fingerprint density at radius 3 is 2.35 bits per heavy atom. The Kier molecular flexibility index (Phi) is 5.79. The van der Waals surface area contributed by atoms with Crippen molar-refractivity contribution in [2.75, 3.05) is 0 Å². The second kappa shape index (κ2) is 8.43. The van der Waals surface area contributed by atoms with Crippen molar-refractivity contribution in [3.8, 4) is 11.4 Å². The number of carbonyl (C=O) groups excluding carboxylic acids is 1. The van der Waals surface area contributed by atoms with Crippen molar-refractivity contribution in [2.24, 2.45) is 0 Å². The summed E-state index contributed by atoms with van der Waals surface area (Å²) < 4.78 is 5.36. The Balaban J connectivity index is 1.65. The first kappa shape index (κ1) is 17.9. The van der Waals surface area contributed by atoms with Crippen molar-refractivity contribution < 1.29 is 9.32 Å². The predicted molar refractivity (Wildman–Crippen MR) is 100 cm³/mol. The Morgan fingerprint density at radius 1 is 1.04 bits per heavy atom. The predicted octanol–water partition coefficient (Wildman–Crippen LogP) is 4.11. The lowest BCUT2D eigenvalue weighted by Crippen LogP contribution is -2.36. The highest BCUT2D eigenvalue weighted by Crippen LogP contribution is 2.17. The van der Waals surface area contributed by atoms with Crippen LogP contribution in [0.25, 0.3) is 11.4 Å². The van der Waals surface area contributed by atoms with E-state index < -0.39 is 0 Å². The van der Waals surface area contributed by atoms with Gasteiger partial charge in [0.15, 0.2) is 0 Å². The lowest BCUT2D eigenvalue weighted by Gasteiger charge is -2.25. The zero-order chi connectivity index (χ0) is 18.4. The van der Waals surface area contributed by atoms with E-state index in [-0.39, 0.29) is 11.9 Å². The quantitative estimate of drug-likeness (QED) is 0.644. The maximum atomic E-state index is 12.7. The molecular weight excluding hydrogens is 326 g/mol. The van der Waals surface area contributed by atoms with Gasteiger partial charge in [0, 0.05) is 18.0 Å². The molecule has 5 nitrogen and oxygen atoms in total. The number of hydrogen-bond donors (Lipinski definition) is 0. The first-order chi connectivity index (χ1) is 12.6. The molecule has 0 radical (unpaired) electrons. The van der Waals surface area contributed by atoms with E-state index >= 15 is 0 Å². The Bertz CT molecular complexity index is 829. The maximum Gasteiger partial charge on any atom is 0.246 e. The number of rotatable bonds is 7. The Morgan fingerprint density at radius 2 is 1.69 bits per heavy atom. The summed E-state index contributed by atoms with van der Waals surface area (Å²) in [6.45, 7) is 4.31. The van der Waals surface area contributed by atoms with Crippen molar-refractivity contribution in [1.82, 2.24) is 15.0 Å². The molecule has 2 aromatic carbocycles. The summed E-state index contributed by atoms with van der Waals surface area (Å²) in [6, 6.07) is 19.8. The van der Waals surface area contributed by atoms with Crippen LogP contribution in [0.15, 0.2) is 65.2 Å². The first-order valence-corrected chi connectivity index (χ1v) is 8.85. The van der Waals surface area contributed by atoms with E-state index in [4.69, 9.17) is 4.52 Å². The first-order valence-electron chi connectivity index (χ1n) is 8.85. The van der Waals surface area contributed by atoms with Gasteiger partial charge in [-0.3, -0.25) is 4.79 Å². The molecule has 0 fully saturated rings. The van der Waals surface area contributed by atoms with Crippen molar-refractivity contribution in [3.05, 3.63) is 72.1 Å². The minimum Gasteiger partial charge on any atom is -0.337 e. The van der Waals surface area contributed by atoms with Crippen LogP contribution in [0.1, 0.15) is 31.7 Å². The molecule has 0 aliphatic heterocycles. The van der Waals surface area contributed by atoms with Crippen LogP contribution < -0.4 is 0 Å². The van der Waals surface area contributed by atoms with E-state index in [1.807, 2.05) is 74.5 Å². The number of carbonyl (C=O) groups is 1. The molecule has 0 aliphatic rings. The molecule has 1 aromatic heterocycles. The SMILES string of the molecule is CC(C)N(Cc1nc(-c2ccccc2)no1)C(=O)CCc1ccccc1. The third-order valence-corrected chi connectivity index (χ3v) is 4.22. The summed E-state index contributed by atoms with van der Waals surface area (Å²) >= 11 is 0. The molecule has 0 spiro atoms. The van der Waals surface area contributed by atoms with Crippen LogP contribution in [-0.2, 0) is 17.8 Å². The molecule has 1 heterocycles. The minimum atomic E-state index is 0.0605. The maximum absolute atomic E-state index is 12.7. The summed E-state index contributed by atoms with van der Waals surface area (Å²) in [4.78, 5) is 18.9. The number of nitrogens with zero attached hydrogens (tertiary/aromatic N) is 3. The summed E-state index contributed by atoms with van der Waals surface area (Å²) in [5.74, 6) is 1.08. The topological polar surface area (TPSA) is 59.2 Å². The van der Waals surface area contributed by atoms with E-state index in [0.29, 0.717) is 24.7 Å². The van der Waals surface area contributed by atoms with Crippen LogP contribution in [0.5, 0.6) is 0 Å². The van der Waals surface area contributed by atoms with Crippen molar-refractivity contribution in [1.29, 1.82) is 0 Å². The van der Waals surface area contributed by atoms with Crippen molar-refractivity contribution in [3.63, 3.8) is 0 Å². The molecule has 0 atom stereocenters. The molecule has 0 saturated heterocycles. The fraction of sp³-hybridized carbons (Fsp3) is 0.286. The Hall–Kier alpha value is -2.95. The molecule has 1 amide bonds. The monoisotopic (exact) mass is 349 g/mol. The second-order valence-electron chi connectivity index (χ2n) is 6.48. The van der Waals surface area contributed by atoms with Crippen LogP contribution in [-0.4, -0.2) is 27.0 Å². The van der Waals surface area contributed by atoms with Gasteiger partial charge in [0.05, 0.1) is 0 Å². The zero-order valence-electron chi connectivity index (χ0n) is 15.1. The number of benzene rings is 2. The molecule has 0 unspecified atom stereocenters. The van der Waals surface area contributed by atoms with Gasteiger partial charge in [0.1, 0.15) is 6.54 Å². The smallest absolute Gasteiger partial charge is 0.246 e. The highest BCUT2D eigenvalue weighted by Gasteiger charge is 2.20. The molecule has 3 rings (SSSR count). The molecule has 0 saturated carbocycles. The molecule has 3 aromatic rings. The van der Waals surface area contributed by atoms with Gasteiger partial charge in [-0.05, 0) is 25.8 Å². The third kappa shape index (κ3) is 4.57. The molecule has 0 bridgehead atoms. The van der Waals surface area contributed by atoms with Gasteiger partial charge in [-0.25, -0.2) is 0 Å². The number of hydrogen-bond acceptors (Lipinski definition) is 4. The van der Waals surface area contributed by atoms with Gasteiger partial charge >= 0.3 is 0 Å². The van der Waals surface area contributed by atoms with Crippen LogP contribution in [0, 0.1) is 0 Å². The lowest BCUT2D eigenvalue weighted by atomic mass is 10.1. The second-order valence-corrected chi connectivity index (χ2v) is 6.48. The standard InChI is InChI=1S/C21H23N3O2/c1-16(2)24(20(25)14-13-17-9-5-3-6-10-17)15-19-22-21(23-26-19)18-11-7-4-8-12-18/h3-12,16H,13-15H2,1-2H3. The van der Waals surface area contributed by atoms with Gasteiger partial charge in [0.2, 0.25) is 17.6 Å².